The summed E-state index contributed by atoms with van der Waals surface area (Å²) in [5.74, 6) is 2.57. The summed E-state index contributed by atoms with van der Waals surface area (Å²) in [5.41, 5.74) is 1.43. The van der Waals surface area contributed by atoms with E-state index < -0.39 is 24.2 Å². The van der Waals surface area contributed by atoms with Crippen molar-refractivity contribution in [3.05, 3.63) is 227 Å². The van der Waals surface area contributed by atoms with Gasteiger partial charge in [0.1, 0.15) is 42.9 Å². The molecule has 6 fully saturated rings. The van der Waals surface area contributed by atoms with Gasteiger partial charge in [-0.2, -0.15) is 0 Å². The summed E-state index contributed by atoms with van der Waals surface area (Å²) in [6.07, 6.45) is 58.4. The maximum absolute atomic E-state index is 13.2. The molecule has 3 aromatic rings. The number of alkyl carbamates (subject to hydrolysis) is 2. The summed E-state index contributed by atoms with van der Waals surface area (Å²) < 4.78 is 21.1. The SMILES string of the molecule is O=C(NCCCC[C@H](NC(=O)OCc1cn(C[C]2[CH][CH][CH][CH]2)nn1)C(=O)OCc1cn(C[C]2[CH][CH][CH][CH]2)nn1)OCc1cn(C[C]2[CH][CH][CH][CH]2)nn1.[CH]1[CH][CH][CH][CH]1.[CH]1[CH][CH][CH][CH]1.[CH]1[CH][CH][CH][CH]1.[Fe+2].[Fe+2].[Fe+2]. The van der Waals surface area contributed by atoms with Gasteiger partial charge in [-0.25, -0.2) is 14.4 Å². The number of amides is 2. The summed E-state index contributed by atoms with van der Waals surface area (Å²) in [6.45, 7) is 1.62. The molecule has 3 heterocycles. The van der Waals surface area contributed by atoms with E-state index in [2.05, 4.69) is 41.6 Å². The minimum Gasteiger partial charge on any atom is -0.458 e. The Morgan fingerprint density at radius 1 is 0.443 bits per heavy atom. The minimum absolute atomic E-state index is 0. The van der Waals surface area contributed by atoms with Crippen molar-refractivity contribution >= 4 is 18.2 Å². The second-order valence-electron chi connectivity index (χ2n) is 14.9. The molecule has 3 aromatic heterocycles. The third-order valence-corrected chi connectivity index (χ3v) is 9.48. The molecular formula is C50H53Fe3N11O6+6. The van der Waals surface area contributed by atoms with E-state index in [0.29, 0.717) is 49.6 Å². The van der Waals surface area contributed by atoms with Crippen LogP contribution in [-0.4, -0.2) is 75.7 Å². The number of nitrogens with one attached hydrogen (secondary N) is 2. The number of hydrogen-bond acceptors (Lipinski definition) is 12. The summed E-state index contributed by atoms with van der Waals surface area (Å²) in [5, 5.41) is 29.7. The average Bonchev–Trinajstić information content (AvgIpc) is 4.18. The molecule has 70 heavy (non-hydrogen) atoms. The van der Waals surface area contributed by atoms with Gasteiger partial charge in [-0.1, -0.05) is 15.6 Å². The van der Waals surface area contributed by atoms with E-state index in [1.54, 1.807) is 32.6 Å². The molecule has 2 amide bonds. The molecule has 0 bridgehead atoms. The number of esters is 1. The van der Waals surface area contributed by atoms with Crippen molar-refractivity contribution in [1.82, 2.24) is 55.6 Å². The normalized spacial score (nSPS) is 18.1. The molecule has 20 heteroatoms. The van der Waals surface area contributed by atoms with E-state index in [9.17, 15) is 14.4 Å². The van der Waals surface area contributed by atoms with Gasteiger partial charge in [0.25, 0.3) is 0 Å². The summed E-state index contributed by atoms with van der Waals surface area (Å²) >= 11 is 0. The third-order valence-electron chi connectivity index (χ3n) is 9.48. The van der Waals surface area contributed by atoms with Crippen LogP contribution in [0.5, 0.6) is 0 Å². The Kier molecular flexibility index (Phi) is 32.2. The van der Waals surface area contributed by atoms with Gasteiger partial charge < -0.3 is 24.8 Å². The molecule has 6 aliphatic rings. The molecule has 362 valence electrons. The molecule has 0 aliphatic heterocycles. The molecule has 6 saturated carbocycles. The monoisotopic (exact) mass is 1070 g/mol. The maximum atomic E-state index is 13.2. The zero-order chi connectivity index (χ0) is 46.6. The zero-order valence-corrected chi connectivity index (χ0v) is 41.3. The Hall–Kier alpha value is -3.01. The number of nitrogens with zero attached hydrogens (tertiary/aromatic N) is 9. The second kappa shape index (κ2) is 36.8. The Bertz CT molecular complexity index is 1770. The van der Waals surface area contributed by atoms with Crippen LogP contribution in [0, 0.1) is 191 Å². The Balaban J connectivity index is 0.000000612. The predicted molar refractivity (Wildman–Crippen MR) is 245 cm³/mol. The number of aromatic nitrogens is 9. The fourth-order valence-electron chi connectivity index (χ4n) is 6.20. The average molecular weight is 1070 g/mol. The quantitative estimate of drug-likeness (QED) is 0.0694. The number of ether oxygens (including phenoxy) is 3. The van der Waals surface area contributed by atoms with Gasteiger partial charge in [-0.15, -0.1) is 15.3 Å². The van der Waals surface area contributed by atoms with Gasteiger partial charge in [0.05, 0.1) is 18.6 Å². The molecule has 2 N–H and O–H groups in total. The fraction of sp³-hybridized carbons (Fsp3) is 0.220. The standard InChI is InChI=1S/C35H38N11O6.3C5H5.3Fe/c47-33(50-23-29-20-44(41-38-29)17-26-9-1-2-10-26)32(37-35(49)52-25-31-22-46(43-40-31)19-28-13-5-6-14-28)15-7-8-16-36-34(48)51-24-30-21-45(42-39-30)18-27-11-3-4-12-27;3*1-2-4-5-3-1;;;/h1-6,9-14,20-22,32H,7-8,15-19,23-25H2,(H,36,48)(H,37,49);3*1-5H;;;/q;;;;3*+2/t32-;;;;;;/m0....../s1. The van der Waals surface area contributed by atoms with Crippen LogP contribution >= 0.6 is 0 Å². The zero-order valence-electron chi connectivity index (χ0n) is 38.0. The van der Waals surface area contributed by atoms with Crippen LogP contribution in [0.2, 0.25) is 0 Å². The van der Waals surface area contributed by atoms with Crippen LogP contribution in [0.4, 0.5) is 9.59 Å². The number of unbranched alkanes of at least 4 members (excludes halogenated alkanes) is 1. The first-order valence-corrected chi connectivity index (χ1v) is 21.7. The third kappa shape index (κ3) is 25.1. The number of rotatable bonds is 19. The smallest absolute Gasteiger partial charge is 0.458 e. The number of hydrogen-bond donors (Lipinski definition) is 2. The molecule has 0 spiro atoms. The van der Waals surface area contributed by atoms with E-state index in [1.165, 1.54) is 0 Å². The molecule has 30 radical (unpaired) electrons. The maximum Gasteiger partial charge on any atom is 2.00 e. The fourth-order valence-corrected chi connectivity index (χ4v) is 6.20. The Morgan fingerprint density at radius 3 is 1.13 bits per heavy atom. The molecule has 1 atom stereocenters. The first-order valence-electron chi connectivity index (χ1n) is 21.7. The van der Waals surface area contributed by atoms with Crippen LogP contribution in [0.25, 0.3) is 0 Å². The molecule has 9 rings (SSSR count). The first-order chi connectivity index (χ1) is 32.9. The molecule has 0 aromatic carbocycles. The van der Waals surface area contributed by atoms with Crippen molar-refractivity contribution in [1.29, 1.82) is 0 Å². The van der Waals surface area contributed by atoms with Gasteiger partial charge in [-0.05, 0) is 193 Å². The van der Waals surface area contributed by atoms with Crippen molar-refractivity contribution in [2.75, 3.05) is 6.54 Å². The van der Waals surface area contributed by atoms with Crippen molar-refractivity contribution in [3.63, 3.8) is 0 Å². The van der Waals surface area contributed by atoms with Crippen LogP contribution in [-0.2, 0) is 110 Å². The van der Waals surface area contributed by atoms with E-state index >= 15 is 0 Å². The van der Waals surface area contributed by atoms with Gasteiger partial charge in [-0.3, -0.25) is 14.0 Å². The topological polar surface area (TPSA) is 195 Å². The Morgan fingerprint density at radius 2 is 0.771 bits per heavy atom. The molecular weight excluding hydrogens is 1020 g/mol. The van der Waals surface area contributed by atoms with Crippen molar-refractivity contribution < 1.29 is 79.8 Å². The Labute approximate surface area is 449 Å². The predicted octanol–water partition coefficient (Wildman–Crippen LogP) is 5.17. The van der Waals surface area contributed by atoms with Gasteiger partial charge in [0, 0.05) is 43.9 Å². The largest absolute Gasteiger partial charge is 2.00 e. The van der Waals surface area contributed by atoms with Crippen LogP contribution < -0.4 is 10.6 Å². The van der Waals surface area contributed by atoms with Crippen LogP contribution in [0.1, 0.15) is 36.3 Å². The van der Waals surface area contributed by atoms with Crippen LogP contribution in [0.15, 0.2) is 18.6 Å². The summed E-state index contributed by atoms with van der Waals surface area (Å²) in [7, 11) is 0. The van der Waals surface area contributed by atoms with Gasteiger partial charge in [0.2, 0.25) is 0 Å². The van der Waals surface area contributed by atoms with Crippen molar-refractivity contribution in [3.8, 4) is 0 Å². The van der Waals surface area contributed by atoms with Crippen molar-refractivity contribution in [2.45, 2.75) is 64.8 Å². The van der Waals surface area contributed by atoms with E-state index in [4.69, 9.17) is 14.2 Å². The molecule has 6 aliphatic carbocycles. The number of carbonyl (C=O) groups is 3. The van der Waals surface area contributed by atoms with E-state index in [1.807, 2.05) is 173 Å². The molecule has 17 nitrogen and oxygen atoms in total. The van der Waals surface area contributed by atoms with E-state index in [-0.39, 0.29) is 84.0 Å². The minimum atomic E-state index is -1.03. The van der Waals surface area contributed by atoms with Gasteiger partial charge in [0.15, 0.2) is 0 Å². The summed E-state index contributed by atoms with van der Waals surface area (Å²) in [6, 6.07) is -1.03. The summed E-state index contributed by atoms with van der Waals surface area (Å²) in [4.78, 5) is 38.2. The van der Waals surface area contributed by atoms with E-state index in [0.717, 1.165) is 17.8 Å². The second-order valence-corrected chi connectivity index (χ2v) is 14.9. The van der Waals surface area contributed by atoms with Gasteiger partial charge >= 0.3 is 69.4 Å². The molecule has 0 unspecified atom stereocenters. The van der Waals surface area contributed by atoms with Crippen molar-refractivity contribution in [2.24, 2.45) is 0 Å². The molecule has 0 saturated heterocycles. The van der Waals surface area contributed by atoms with Crippen LogP contribution in [0.3, 0.4) is 0 Å². The first kappa shape index (κ1) is 61.3. The number of carbonyl (C=O) groups excluding carboxylic acids is 3.